The van der Waals surface area contributed by atoms with Gasteiger partial charge in [0.15, 0.2) is 0 Å². The molecule has 0 bridgehead atoms. The quantitative estimate of drug-likeness (QED) is 0.512. The van der Waals surface area contributed by atoms with Gasteiger partial charge in [-0.15, -0.1) is 0 Å². The van der Waals surface area contributed by atoms with Gasteiger partial charge in [-0.05, 0) is 19.1 Å². The van der Waals surface area contributed by atoms with Crippen molar-refractivity contribution in [3.05, 3.63) is 35.5 Å². The summed E-state index contributed by atoms with van der Waals surface area (Å²) in [4.78, 5) is 26.1. The molecule has 0 N–H and O–H groups in total. The van der Waals surface area contributed by atoms with E-state index >= 15 is 0 Å². The highest BCUT2D eigenvalue weighted by molar-refractivity contribution is 6.53. The molecule has 2 aliphatic rings. The number of carbonyl (C=O) groups excluding carboxylic acids is 2. The van der Waals surface area contributed by atoms with Gasteiger partial charge in [-0.1, -0.05) is 12.2 Å². The summed E-state index contributed by atoms with van der Waals surface area (Å²) in [6, 6.07) is 0. The van der Waals surface area contributed by atoms with Crippen LogP contribution in [0.25, 0.3) is 0 Å². The Kier molecular flexibility index (Phi) is 1.59. The van der Waals surface area contributed by atoms with Crippen LogP contribution in [0.5, 0.6) is 0 Å². The minimum absolute atomic E-state index is 0.199. The molecule has 2 rings (SSSR count). The molecule has 0 radical (unpaired) electrons. The van der Waals surface area contributed by atoms with E-state index in [1.165, 1.54) is 6.08 Å². The number of hydrogen-bond donors (Lipinski definition) is 0. The molecule has 3 heteroatoms. The second-order valence-corrected chi connectivity index (χ2v) is 2.94. The molecule has 0 aromatic heterocycles. The SMILES string of the molecule is CC1=CC2=CC=CC(=O)C2=NC1=O. The molecule has 0 saturated carbocycles. The minimum atomic E-state index is -0.323. The monoisotopic (exact) mass is 173 g/mol. The van der Waals surface area contributed by atoms with E-state index in [1.54, 1.807) is 25.2 Å². The molecule has 1 aliphatic carbocycles. The normalized spacial score (nSPS) is 20.5. The summed E-state index contributed by atoms with van der Waals surface area (Å²) in [5.41, 5.74) is 1.56. The Morgan fingerprint density at radius 1 is 1.31 bits per heavy atom. The fourth-order valence-corrected chi connectivity index (χ4v) is 1.26. The minimum Gasteiger partial charge on any atom is -0.288 e. The topological polar surface area (TPSA) is 46.5 Å². The molecule has 0 spiro atoms. The highest BCUT2D eigenvalue weighted by Crippen LogP contribution is 2.17. The zero-order chi connectivity index (χ0) is 9.42. The number of rotatable bonds is 0. The summed E-state index contributed by atoms with van der Waals surface area (Å²) < 4.78 is 0. The molecule has 13 heavy (non-hydrogen) atoms. The van der Waals surface area contributed by atoms with E-state index in [0.29, 0.717) is 5.57 Å². The molecule has 0 aromatic rings. The van der Waals surface area contributed by atoms with Crippen LogP contribution >= 0.6 is 0 Å². The number of nitrogens with zero attached hydrogens (tertiary/aromatic N) is 1. The maximum Gasteiger partial charge on any atom is 0.273 e. The molecule has 0 aromatic carbocycles. The lowest BCUT2D eigenvalue weighted by Crippen LogP contribution is -2.21. The van der Waals surface area contributed by atoms with Gasteiger partial charge in [0.1, 0.15) is 5.71 Å². The highest BCUT2D eigenvalue weighted by atomic mass is 16.2. The first kappa shape index (κ1) is 7.86. The lowest BCUT2D eigenvalue weighted by molar-refractivity contribution is -0.115. The highest BCUT2D eigenvalue weighted by Gasteiger charge is 2.21. The molecular weight excluding hydrogens is 166 g/mol. The summed E-state index contributed by atoms with van der Waals surface area (Å²) in [6.07, 6.45) is 6.53. The molecule has 1 aliphatic heterocycles. The third kappa shape index (κ3) is 1.18. The fourth-order valence-electron chi connectivity index (χ4n) is 1.26. The summed E-state index contributed by atoms with van der Waals surface area (Å²) in [7, 11) is 0. The molecular formula is C10H7NO2. The van der Waals surface area contributed by atoms with Gasteiger partial charge >= 0.3 is 0 Å². The average Bonchev–Trinajstić information content (AvgIpc) is 2.09. The first-order chi connectivity index (χ1) is 6.18. The second kappa shape index (κ2) is 2.62. The largest absolute Gasteiger partial charge is 0.288 e. The second-order valence-electron chi connectivity index (χ2n) is 2.94. The lowest BCUT2D eigenvalue weighted by Gasteiger charge is -2.12. The number of amides is 1. The number of ketones is 1. The Morgan fingerprint density at radius 2 is 2.08 bits per heavy atom. The van der Waals surface area contributed by atoms with Gasteiger partial charge in [-0.25, -0.2) is 4.99 Å². The van der Waals surface area contributed by atoms with Crippen molar-refractivity contribution in [2.75, 3.05) is 0 Å². The van der Waals surface area contributed by atoms with Crippen LogP contribution in [0.1, 0.15) is 6.92 Å². The van der Waals surface area contributed by atoms with Crippen molar-refractivity contribution < 1.29 is 9.59 Å². The van der Waals surface area contributed by atoms with E-state index in [0.717, 1.165) is 5.57 Å². The molecule has 0 atom stereocenters. The number of aliphatic imine (C=N–C) groups is 1. The number of fused-ring (bicyclic) bond motifs is 1. The maximum absolute atomic E-state index is 11.2. The Bertz CT molecular complexity index is 422. The Morgan fingerprint density at radius 3 is 2.85 bits per heavy atom. The third-order valence-electron chi connectivity index (χ3n) is 1.95. The maximum atomic E-state index is 11.2. The van der Waals surface area contributed by atoms with Crippen LogP contribution in [0.2, 0.25) is 0 Å². The van der Waals surface area contributed by atoms with Gasteiger partial charge in [0.05, 0.1) is 0 Å². The number of allylic oxidation sites excluding steroid dienone is 5. The van der Waals surface area contributed by atoms with Crippen LogP contribution < -0.4 is 0 Å². The predicted octanol–water partition coefficient (Wildman–Crippen LogP) is 0.979. The average molecular weight is 173 g/mol. The summed E-state index contributed by atoms with van der Waals surface area (Å²) >= 11 is 0. The molecule has 0 fully saturated rings. The molecule has 64 valence electrons. The van der Waals surface area contributed by atoms with E-state index in [1.807, 2.05) is 0 Å². The lowest BCUT2D eigenvalue weighted by atomic mass is 9.96. The fraction of sp³-hybridized carbons (Fsp3) is 0.100. The van der Waals surface area contributed by atoms with Gasteiger partial charge in [0.2, 0.25) is 5.78 Å². The van der Waals surface area contributed by atoms with E-state index in [9.17, 15) is 9.59 Å². The Balaban J connectivity index is 2.55. The summed E-state index contributed by atoms with van der Waals surface area (Å²) in [5, 5.41) is 0. The molecule has 1 amide bonds. The van der Waals surface area contributed by atoms with E-state index in [4.69, 9.17) is 0 Å². The molecule has 0 saturated heterocycles. The summed E-state index contributed by atoms with van der Waals surface area (Å²) in [5.74, 6) is -0.523. The number of carbonyl (C=O) groups is 2. The van der Waals surface area contributed by atoms with Crippen LogP contribution in [-0.2, 0) is 9.59 Å². The smallest absolute Gasteiger partial charge is 0.273 e. The van der Waals surface area contributed by atoms with Crippen LogP contribution in [0.3, 0.4) is 0 Å². The van der Waals surface area contributed by atoms with Crippen LogP contribution in [-0.4, -0.2) is 17.4 Å². The van der Waals surface area contributed by atoms with E-state index in [-0.39, 0.29) is 17.4 Å². The van der Waals surface area contributed by atoms with Crippen LogP contribution in [0.4, 0.5) is 0 Å². The predicted molar refractivity (Wildman–Crippen MR) is 48.4 cm³/mol. The zero-order valence-corrected chi connectivity index (χ0v) is 7.07. The molecule has 1 heterocycles. The van der Waals surface area contributed by atoms with E-state index in [2.05, 4.69) is 4.99 Å². The number of hydrogen-bond acceptors (Lipinski definition) is 2. The standard InChI is InChI=1S/C10H7NO2/c1-6-5-7-3-2-4-8(12)9(7)11-10(6)13/h2-5H,1H3. The molecule has 3 nitrogen and oxygen atoms in total. The van der Waals surface area contributed by atoms with Crippen molar-refractivity contribution in [2.45, 2.75) is 6.92 Å². The molecule has 0 unspecified atom stereocenters. The van der Waals surface area contributed by atoms with Crippen molar-refractivity contribution in [1.82, 2.24) is 0 Å². The van der Waals surface area contributed by atoms with Gasteiger partial charge in [-0.2, -0.15) is 0 Å². The Labute approximate surface area is 75.2 Å². The van der Waals surface area contributed by atoms with Gasteiger partial charge in [0, 0.05) is 11.1 Å². The van der Waals surface area contributed by atoms with Crippen LogP contribution in [0, 0.1) is 0 Å². The van der Waals surface area contributed by atoms with Crippen molar-refractivity contribution in [2.24, 2.45) is 4.99 Å². The van der Waals surface area contributed by atoms with Gasteiger partial charge < -0.3 is 0 Å². The van der Waals surface area contributed by atoms with E-state index < -0.39 is 0 Å². The third-order valence-corrected chi connectivity index (χ3v) is 1.95. The van der Waals surface area contributed by atoms with Crippen molar-refractivity contribution in [3.63, 3.8) is 0 Å². The zero-order valence-electron chi connectivity index (χ0n) is 7.07. The van der Waals surface area contributed by atoms with Gasteiger partial charge in [-0.3, -0.25) is 9.59 Å². The van der Waals surface area contributed by atoms with Crippen molar-refractivity contribution >= 4 is 17.4 Å². The van der Waals surface area contributed by atoms with Gasteiger partial charge in [0.25, 0.3) is 5.91 Å². The first-order valence-corrected chi connectivity index (χ1v) is 3.93. The summed E-state index contributed by atoms with van der Waals surface area (Å²) in [6.45, 7) is 1.69. The van der Waals surface area contributed by atoms with Crippen molar-refractivity contribution in [1.29, 1.82) is 0 Å². The Hall–Kier alpha value is -1.77. The number of dihydropyridines is 1. The van der Waals surface area contributed by atoms with Crippen molar-refractivity contribution in [3.8, 4) is 0 Å². The van der Waals surface area contributed by atoms with Crippen LogP contribution in [0.15, 0.2) is 40.4 Å². The first-order valence-electron chi connectivity index (χ1n) is 3.93.